The van der Waals surface area contributed by atoms with Gasteiger partial charge in [-0.15, -0.1) is 0 Å². The number of carboxylic acids is 2. The third-order valence-electron chi connectivity index (χ3n) is 11.8. The van der Waals surface area contributed by atoms with Crippen LogP contribution in [0.2, 0.25) is 0 Å². The number of aliphatic carboxylic acids is 2. The first-order valence-corrected chi connectivity index (χ1v) is 23.9. The van der Waals surface area contributed by atoms with Crippen molar-refractivity contribution in [3.63, 3.8) is 0 Å². The maximum Gasteiger partial charge on any atom is 0.309 e. The van der Waals surface area contributed by atoms with E-state index in [2.05, 4.69) is 53.5 Å². The van der Waals surface area contributed by atoms with Crippen LogP contribution < -0.4 is 0 Å². The van der Waals surface area contributed by atoms with Gasteiger partial charge in [0.15, 0.2) is 0 Å². The molecule has 2 fully saturated rings. The Hall–Kier alpha value is -2.67. The highest BCUT2D eigenvalue weighted by atomic mass is 16.5. The van der Waals surface area contributed by atoms with Crippen molar-refractivity contribution in [1.82, 2.24) is 4.90 Å². The van der Waals surface area contributed by atoms with Gasteiger partial charge in [0.1, 0.15) is 0 Å². The molecule has 1 saturated heterocycles. The van der Waals surface area contributed by atoms with E-state index in [4.69, 9.17) is 14.9 Å². The van der Waals surface area contributed by atoms with Gasteiger partial charge in [-0.05, 0) is 141 Å². The maximum atomic E-state index is 13.1. The quantitative estimate of drug-likeness (QED) is 0.0363. The Morgan fingerprint density at radius 2 is 0.895 bits per heavy atom. The summed E-state index contributed by atoms with van der Waals surface area (Å²) in [6.45, 7) is 3.94. The number of likely N-dealkylation sites (tertiary alicyclic amines) is 1. The summed E-state index contributed by atoms with van der Waals surface area (Å²) in [5.41, 5.74) is 0. The lowest BCUT2D eigenvalue weighted by molar-refractivity contribution is -0.151. The van der Waals surface area contributed by atoms with E-state index in [0.29, 0.717) is 25.4 Å². The lowest BCUT2D eigenvalue weighted by Crippen LogP contribution is -2.38. The molecule has 0 aromatic carbocycles. The number of hydrogen-bond acceptors (Lipinski definition) is 5. The Kier molecular flexibility index (Phi) is 32.2. The van der Waals surface area contributed by atoms with E-state index in [0.717, 1.165) is 109 Å². The Bertz CT molecular complexity index is 1050. The molecular formula is C50H85NO6. The van der Waals surface area contributed by atoms with Gasteiger partial charge in [0, 0.05) is 19.4 Å². The van der Waals surface area contributed by atoms with Crippen LogP contribution in [0.15, 0.2) is 48.6 Å². The Labute approximate surface area is 349 Å². The van der Waals surface area contributed by atoms with Crippen molar-refractivity contribution in [3.05, 3.63) is 48.6 Å². The molecule has 1 heterocycles. The average molecular weight is 796 g/mol. The number of carbonyl (C=O) groups excluding carboxylic acids is 1. The third-order valence-corrected chi connectivity index (χ3v) is 11.8. The minimum atomic E-state index is -0.683. The monoisotopic (exact) mass is 796 g/mol. The molecule has 7 heteroatoms. The lowest BCUT2D eigenvalue weighted by atomic mass is 9.94. The number of nitrogens with zero attached hydrogens (tertiary/aromatic N) is 1. The fourth-order valence-electron chi connectivity index (χ4n) is 7.89. The van der Waals surface area contributed by atoms with Gasteiger partial charge in [-0.2, -0.15) is 0 Å². The lowest BCUT2D eigenvalue weighted by Gasteiger charge is -2.31. The van der Waals surface area contributed by atoms with E-state index in [1.165, 1.54) is 109 Å². The fourth-order valence-corrected chi connectivity index (χ4v) is 7.89. The van der Waals surface area contributed by atoms with Crippen LogP contribution in [0.25, 0.3) is 0 Å². The summed E-state index contributed by atoms with van der Waals surface area (Å²) < 4.78 is 6.03. The minimum absolute atomic E-state index is 0.0595. The number of ether oxygens (including phenoxy) is 1. The number of piperidine rings is 1. The molecule has 0 atom stereocenters. The SMILES string of the molecule is O=C(O)CCCCCCCC=CCC=CCCCCCCC(CCCCCCC=CCC=CCCCCCCCC(=O)O)COC(=O)C1CCN(CC2CC2)CC1. The van der Waals surface area contributed by atoms with E-state index >= 15 is 0 Å². The predicted octanol–water partition coefficient (Wildman–Crippen LogP) is 13.6. The minimum Gasteiger partial charge on any atom is -0.481 e. The molecule has 0 aromatic rings. The second kappa shape index (κ2) is 36.4. The molecule has 0 amide bonds. The van der Waals surface area contributed by atoms with Crippen LogP contribution in [0.1, 0.15) is 205 Å². The Balaban J connectivity index is 1.54. The van der Waals surface area contributed by atoms with Crippen molar-refractivity contribution < 1.29 is 29.3 Å². The van der Waals surface area contributed by atoms with E-state index in [1.807, 2.05) is 0 Å². The predicted molar refractivity (Wildman–Crippen MR) is 237 cm³/mol. The summed E-state index contributed by atoms with van der Waals surface area (Å²) in [5.74, 6) is 0.182. The van der Waals surface area contributed by atoms with Crippen LogP contribution >= 0.6 is 0 Å². The van der Waals surface area contributed by atoms with Crippen LogP contribution in [-0.2, 0) is 19.1 Å². The summed E-state index contributed by atoms with van der Waals surface area (Å²) in [7, 11) is 0. The van der Waals surface area contributed by atoms with E-state index in [-0.39, 0.29) is 11.9 Å². The fraction of sp³-hybridized carbons (Fsp3) is 0.780. The summed E-state index contributed by atoms with van der Waals surface area (Å²) in [6, 6.07) is 0. The van der Waals surface area contributed by atoms with Gasteiger partial charge in [0.05, 0.1) is 12.5 Å². The summed E-state index contributed by atoms with van der Waals surface area (Å²) in [5, 5.41) is 17.4. The van der Waals surface area contributed by atoms with Crippen molar-refractivity contribution in [3.8, 4) is 0 Å². The van der Waals surface area contributed by atoms with E-state index in [1.54, 1.807) is 0 Å². The number of carbonyl (C=O) groups is 3. The first-order chi connectivity index (χ1) is 27.9. The van der Waals surface area contributed by atoms with Gasteiger partial charge in [-0.25, -0.2) is 0 Å². The summed E-state index contributed by atoms with van der Waals surface area (Å²) >= 11 is 0. The zero-order valence-corrected chi connectivity index (χ0v) is 36.3. The second-order valence-corrected chi connectivity index (χ2v) is 17.3. The van der Waals surface area contributed by atoms with Crippen molar-refractivity contribution >= 4 is 17.9 Å². The molecule has 0 aromatic heterocycles. The molecule has 0 spiro atoms. The molecule has 2 rings (SSSR count). The van der Waals surface area contributed by atoms with Crippen molar-refractivity contribution in [1.29, 1.82) is 0 Å². The van der Waals surface area contributed by atoms with Crippen LogP contribution in [0.5, 0.6) is 0 Å². The molecule has 7 nitrogen and oxygen atoms in total. The van der Waals surface area contributed by atoms with Gasteiger partial charge >= 0.3 is 17.9 Å². The van der Waals surface area contributed by atoms with Gasteiger partial charge in [-0.3, -0.25) is 14.4 Å². The molecule has 1 saturated carbocycles. The van der Waals surface area contributed by atoms with Crippen LogP contribution in [0, 0.1) is 17.8 Å². The van der Waals surface area contributed by atoms with Gasteiger partial charge in [-0.1, -0.05) is 126 Å². The highest BCUT2D eigenvalue weighted by Gasteiger charge is 2.30. The molecule has 2 N–H and O–H groups in total. The molecule has 0 bridgehead atoms. The molecule has 57 heavy (non-hydrogen) atoms. The van der Waals surface area contributed by atoms with Gasteiger partial charge < -0.3 is 19.8 Å². The van der Waals surface area contributed by atoms with E-state index < -0.39 is 11.9 Å². The topological polar surface area (TPSA) is 104 Å². The molecular weight excluding hydrogens is 711 g/mol. The van der Waals surface area contributed by atoms with Gasteiger partial charge in [0.25, 0.3) is 0 Å². The first kappa shape index (κ1) is 50.5. The molecule has 1 aliphatic heterocycles. The highest BCUT2D eigenvalue weighted by Crippen LogP contribution is 2.31. The van der Waals surface area contributed by atoms with Crippen molar-refractivity contribution in [2.24, 2.45) is 17.8 Å². The zero-order chi connectivity index (χ0) is 40.9. The number of hydrogen-bond donors (Lipinski definition) is 2. The molecule has 0 unspecified atom stereocenters. The number of carboxylic acid groups (broad SMARTS) is 2. The highest BCUT2D eigenvalue weighted by molar-refractivity contribution is 5.72. The molecule has 2 aliphatic rings. The number of unbranched alkanes of at least 4 members (excludes halogenated alkanes) is 18. The number of rotatable bonds is 39. The normalized spacial score (nSPS) is 16.1. The summed E-state index contributed by atoms with van der Waals surface area (Å²) in [4.78, 5) is 36.7. The molecule has 1 aliphatic carbocycles. The van der Waals surface area contributed by atoms with Gasteiger partial charge in [0.2, 0.25) is 0 Å². The largest absolute Gasteiger partial charge is 0.481 e. The summed E-state index contributed by atoms with van der Waals surface area (Å²) in [6.07, 6.45) is 53.2. The average Bonchev–Trinajstić information content (AvgIpc) is 4.02. The third kappa shape index (κ3) is 32.9. The van der Waals surface area contributed by atoms with E-state index in [9.17, 15) is 14.4 Å². The maximum absolute atomic E-state index is 13.1. The smallest absolute Gasteiger partial charge is 0.309 e. The standard InChI is InChI=1S/C50H85NO6/c52-48(53)35-31-27-23-19-15-11-7-3-1-5-9-13-17-21-25-29-33-46(44-57-50(56)47-39-41-51(42-40-47)43-45-37-38-45)34-30-26-22-18-14-10-6-2-4-8-12-16-20-24-28-32-36-49(54)55/h3-10,45-47H,1-2,11-44H2,(H,52,53)(H,54,55). The van der Waals surface area contributed by atoms with Crippen LogP contribution in [0.4, 0.5) is 0 Å². The second-order valence-electron chi connectivity index (χ2n) is 17.3. The molecule has 326 valence electrons. The van der Waals surface area contributed by atoms with Crippen molar-refractivity contribution in [2.75, 3.05) is 26.2 Å². The first-order valence-electron chi connectivity index (χ1n) is 23.9. The number of esters is 1. The number of allylic oxidation sites excluding steroid dienone is 8. The van der Waals surface area contributed by atoms with Crippen LogP contribution in [-0.4, -0.2) is 59.3 Å². The van der Waals surface area contributed by atoms with Crippen LogP contribution in [0.3, 0.4) is 0 Å². The van der Waals surface area contributed by atoms with Crippen molar-refractivity contribution in [2.45, 2.75) is 205 Å². The zero-order valence-electron chi connectivity index (χ0n) is 36.3. The Morgan fingerprint density at radius 1 is 0.509 bits per heavy atom. The molecule has 0 radical (unpaired) electrons. The Morgan fingerprint density at radius 3 is 1.30 bits per heavy atom.